The van der Waals surface area contributed by atoms with Gasteiger partial charge >= 0.3 is 0 Å². The van der Waals surface area contributed by atoms with E-state index in [1.165, 1.54) is 64.5 Å². The van der Waals surface area contributed by atoms with Crippen molar-refractivity contribution in [2.75, 3.05) is 39.3 Å². The lowest BCUT2D eigenvalue weighted by Gasteiger charge is -2.34. The predicted octanol–water partition coefficient (Wildman–Crippen LogP) is 4.02. The second-order valence-electron chi connectivity index (χ2n) is 8.23. The summed E-state index contributed by atoms with van der Waals surface area (Å²) in [5.74, 6) is 1.63. The molecule has 1 unspecified atom stereocenters. The van der Waals surface area contributed by atoms with E-state index >= 15 is 0 Å². The second-order valence-corrected chi connectivity index (χ2v) is 8.23. The average molecular weight is 495 g/mol. The van der Waals surface area contributed by atoms with E-state index < -0.39 is 0 Å². The Morgan fingerprint density at radius 1 is 1.07 bits per heavy atom. The van der Waals surface area contributed by atoms with Gasteiger partial charge in [0.05, 0.1) is 12.7 Å². The maximum Gasteiger partial charge on any atom is 0.191 e. The molecule has 2 aliphatic rings. The van der Waals surface area contributed by atoms with E-state index in [1.807, 2.05) is 0 Å². The van der Waals surface area contributed by atoms with Crippen molar-refractivity contribution in [3.05, 3.63) is 0 Å². The highest BCUT2D eigenvalue weighted by Crippen LogP contribution is 2.20. The van der Waals surface area contributed by atoms with Crippen LogP contribution in [-0.2, 0) is 4.74 Å². The first-order valence-electron chi connectivity index (χ1n) is 11.1. The van der Waals surface area contributed by atoms with Crippen LogP contribution in [0.3, 0.4) is 0 Å². The maximum atomic E-state index is 6.07. The average Bonchev–Trinajstić information content (AvgIpc) is 2.92. The molecule has 0 bridgehead atoms. The molecule has 27 heavy (non-hydrogen) atoms. The van der Waals surface area contributed by atoms with Gasteiger partial charge in [0, 0.05) is 32.2 Å². The summed E-state index contributed by atoms with van der Waals surface area (Å²) in [7, 11) is 0. The summed E-state index contributed by atoms with van der Waals surface area (Å²) < 4.78 is 6.07. The number of aliphatic imine (C=N–C) groups is 1. The van der Waals surface area contributed by atoms with Crippen LogP contribution in [-0.4, -0.2) is 62.3 Å². The number of halogens is 1. The summed E-state index contributed by atoms with van der Waals surface area (Å²) >= 11 is 0. The quantitative estimate of drug-likeness (QED) is 0.176. The highest BCUT2D eigenvalue weighted by molar-refractivity contribution is 14.0. The summed E-state index contributed by atoms with van der Waals surface area (Å²) in [5, 5.41) is 6.82. The van der Waals surface area contributed by atoms with Crippen molar-refractivity contribution in [2.45, 2.75) is 84.3 Å². The molecular formula is C21H43IN4O. The normalized spacial score (nSPS) is 23.0. The Morgan fingerprint density at radius 3 is 2.48 bits per heavy atom. The monoisotopic (exact) mass is 494 g/mol. The Hall–Kier alpha value is -0.0800. The van der Waals surface area contributed by atoms with Gasteiger partial charge in [0.25, 0.3) is 0 Å². The highest BCUT2D eigenvalue weighted by atomic mass is 127. The third kappa shape index (κ3) is 10.3. The Balaban J connectivity index is 0.00000364. The molecule has 2 N–H and O–H groups in total. The zero-order valence-corrected chi connectivity index (χ0v) is 20.2. The number of nitrogens with one attached hydrogen (secondary N) is 2. The van der Waals surface area contributed by atoms with Gasteiger partial charge in [-0.05, 0) is 58.9 Å². The number of likely N-dealkylation sites (tertiary alicyclic amines) is 1. The topological polar surface area (TPSA) is 48.9 Å². The first kappa shape index (κ1) is 25.0. The standard InChI is InChI=1S/C21H42N4O.HI/c1-4-22-21(23-13-15-26-20-11-7-5-6-8-12-20)24-16-19-10-9-14-25(17-19)18(2)3;/h18-20H,4-17H2,1-3H3,(H2,22,23,24);1H. The van der Waals surface area contributed by atoms with Gasteiger partial charge in [-0.15, -0.1) is 24.0 Å². The minimum Gasteiger partial charge on any atom is -0.376 e. The van der Waals surface area contributed by atoms with Gasteiger partial charge in [-0.2, -0.15) is 0 Å². The smallest absolute Gasteiger partial charge is 0.191 e. The summed E-state index contributed by atoms with van der Waals surface area (Å²) in [6.07, 6.45) is 11.0. The van der Waals surface area contributed by atoms with E-state index in [9.17, 15) is 0 Å². The van der Waals surface area contributed by atoms with Gasteiger partial charge in [-0.3, -0.25) is 4.99 Å². The Labute approximate surface area is 184 Å². The SMILES string of the molecule is CCNC(=NCC1CCCN(C(C)C)C1)NCCOC1CCCCCC1.I. The fraction of sp³-hybridized carbons (Fsp3) is 0.952. The molecule has 1 atom stereocenters. The van der Waals surface area contributed by atoms with E-state index in [-0.39, 0.29) is 24.0 Å². The summed E-state index contributed by atoms with van der Waals surface area (Å²) in [4.78, 5) is 7.43. The Kier molecular flexibility index (Phi) is 13.7. The molecule has 0 aromatic carbocycles. The van der Waals surface area contributed by atoms with Crippen molar-refractivity contribution in [2.24, 2.45) is 10.9 Å². The summed E-state index contributed by atoms with van der Waals surface area (Å²) in [6, 6.07) is 0.647. The molecule has 0 spiro atoms. The van der Waals surface area contributed by atoms with Gasteiger partial charge in [-0.1, -0.05) is 25.7 Å². The molecular weight excluding hydrogens is 451 g/mol. The summed E-state index contributed by atoms with van der Waals surface area (Å²) in [6.45, 7) is 12.6. The lowest BCUT2D eigenvalue weighted by Crippen LogP contribution is -2.42. The molecule has 0 radical (unpaired) electrons. The molecule has 0 amide bonds. The van der Waals surface area contributed by atoms with Gasteiger partial charge in [0.15, 0.2) is 5.96 Å². The van der Waals surface area contributed by atoms with Crippen molar-refractivity contribution < 1.29 is 4.74 Å². The van der Waals surface area contributed by atoms with Crippen LogP contribution in [0.2, 0.25) is 0 Å². The number of guanidine groups is 1. The Morgan fingerprint density at radius 2 is 1.81 bits per heavy atom. The van der Waals surface area contributed by atoms with Gasteiger partial charge in [0.1, 0.15) is 0 Å². The molecule has 1 heterocycles. The maximum absolute atomic E-state index is 6.07. The predicted molar refractivity (Wildman–Crippen MR) is 126 cm³/mol. The molecule has 2 fully saturated rings. The van der Waals surface area contributed by atoms with Gasteiger partial charge in [0.2, 0.25) is 0 Å². The fourth-order valence-corrected chi connectivity index (χ4v) is 4.08. The van der Waals surface area contributed by atoms with Crippen LogP contribution >= 0.6 is 24.0 Å². The van der Waals surface area contributed by atoms with Crippen LogP contribution in [0.4, 0.5) is 0 Å². The highest BCUT2D eigenvalue weighted by Gasteiger charge is 2.21. The molecule has 1 aliphatic carbocycles. The van der Waals surface area contributed by atoms with Gasteiger partial charge in [-0.25, -0.2) is 0 Å². The van der Waals surface area contributed by atoms with Crippen LogP contribution in [0.15, 0.2) is 4.99 Å². The van der Waals surface area contributed by atoms with Crippen LogP contribution in [0.1, 0.15) is 72.1 Å². The molecule has 160 valence electrons. The van der Waals surface area contributed by atoms with E-state index in [4.69, 9.17) is 9.73 Å². The van der Waals surface area contributed by atoms with Crippen LogP contribution in [0.5, 0.6) is 0 Å². The molecule has 0 aromatic heterocycles. The van der Waals surface area contributed by atoms with Crippen molar-refractivity contribution in [1.29, 1.82) is 0 Å². The minimum absolute atomic E-state index is 0. The molecule has 1 aliphatic heterocycles. The third-order valence-electron chi connectivity index (χ3n) is 5.68. The molecule has 5 nitrogen and oxygen atoms in total. The van der Waals surface area contributed by atoms with E-state index in [2.05, 4.69) is 36.3 Å². The molecule has 0 aromatic rings. The van der Waals surface area contributed by atoms with Crippen LogP contribution in [0, 0.1) is 5.92 Å². The Bertz CT molecular complexity index is 398. The molecule has 2 rings (SSSR count). The molecule has 1 saturated carbocycles. The molecule has 1 saturated heterocycles. The lowest BCUT2D eigenvalue weighted by molar-refractivity contribution is 0.0468. The van der Waals surface area contributed by atoms with Crippen LogP contribution in [0.25, 0.3) is 0 Å². The summed E-state index contributed by atoms with van der Waals surface area (Å²) in [5.41, 5.74) is 0. The van der Waals surface area contributed by atoms with E-state index in [0.29, 0.717) is 18.1 Å². The minimum atomic E-state index is 0. The zero-order chi connectivity index (χ0) is 18.6. The lowest BCUT2D eigenvalue weighted by atomic mass is 9.97. The van der Waals surface area contributed by atoms with Crippen molar-refractivity contribution in [1.82, 2.24) is 15.5 Å². The number of nitrogens with zero attached hydrogens (tertiary/aromatic N) is 2. The molecule has 6 heteroatoms. The largest absolute Gasteiger partial charge is 0.376 e. The number of ether oxygens (including phenoxy) is 1. The zero-order valence-electron chi connectivity index (χ0n) is 17.8. The number of hydrogen-bond acceptors (Lipinski definition) is 3. The van der Waals surface area contributed by atoms with Crippen molar-refractivity contribution in [3.63, 3.8) is 0 Å². The third-order valence-corrected chi connectivity index (χ3v) is 5.68. The number of hydrogen-bond donors (Lipinski definition) is 2. The van der Waals surface area contributed by atoms with Gasteiger partial charge < -0.3 is 20.3 Å². The first-order valence-corrected chi connectivity index (χ1v) is 11.1. The number of piperidine rings is 1. The van der Waals surface area contributed by atoms with Crippen molar-refractivity contribution in [3.8, 4) is 0 Å². The van der Waals surface area contributed by atoms with Crippen molar-refractivity contribution >= 4 is 29.9 Å². The second kappa shape index (κ2) is 14.9. The fourth-order valence-electron chi connectivity index (χ4n) is 4.08. The van der Waals surface area contributed by atoms with Crippen LogP contribution < -0.4 is 10.6 Å². The van der Waals surface area contributed by atoms with E-state index in [1.54, 1.807) is 0 Å². The number of rotatable bonds is 8. The first-order chi connectivity index (χ1) is 12.7. The van der Waals surface area contributed by atoms with E-state index in [0.717, 1.165) is 32.2 Å².